The molecule has 4 aliphatic rings. The number of carbonyl (C=O) groups is 2. The second-order valence-corrected chi connectivity index (χ2v) is 10.6. The van der Waals surface area contributed by atoms with E-state index in [-0.39, 0.29) is 29.8 Å². The van der Waals surface area contributed by atoms with Gasteiger partial charge in [0.25, 0.3) is 0 Å². The molecule has 0 unspecified atom stereocenters. The van der Waals surface area contributed by atoms with E-state index in [0.29, 0.717) is 35.5 Å². The van der Waals surface area contributed by atoms with Gasteiger partial charge < -0.3 is 15.4 Å². The van der Waals surface area contributed by atoms with Crippen molar-refractivity contribution >= 4 is 11.8 Å². The number of nitrogens with zero attached hydrogens (tertiary/aromatic N) is 2. The average Bonchev–Trinajstić information content (AvgIpc) is 2.98. The highest BCUT2D eigenvalue weighted by Gasteiger charge is 2.57. The molecule has 0 N–H and O–H groups in total. The van der Waals surface area contributed by atoms with E-state index in [2.05, 4.69) is 25.0 Å². The van der Waals surface area contributed by atoms with Crippen LogP contribution in [0.25, 0.3) is 5.53 Å². The van der Waals surface area contributed by atoms with E-state index in [4.69, 9.17) is 10.3 Å². The summed E-state index contributed by atoms with van der Waals surface area (Å²) in [5.74, 6) is 2.26. The molecule has 4 aliphatic carbocycles. The van der Waals surface area contributed by atoms with E-state index in [0.717, 1.165) is 32.1 Å². The summed E-state index contributed by atoms with van der Waals surface area (Å²) >= 11 is 0. The zero-order valence-electron chi connectivity index (χ0n) is 18.2. The van der Waals surface area contributed by atoms with Crippen LogP contribution in [0.4, 0.5) is 0 Å². The van der Waals surface area contributed by atoms with Crippen molar-refractivity contribution in [3.05, 3.63) is 17.2 Å². The molecular formula is C24H35N2O3-. The Balaban J connectivity index is 1.49. The van der Waals surface area contributed by atoms with Crippen LogP contribution in [0, 0.1) is 34.5 Å². The number of hydrogen-bond donors (Lipinski definition) is 0. The van der Waals surface area contributed by atoms with Gasteiger partial charge in [0.15, 0.2) is 5.78 Å². The molecule has 0 aromatic heterocycles. The second kappa shape index (κ2) is 7.63. The van der Waals surface area contributed by atoms with Gasteiger partial charge in [-0.2, -0.15) is 0 Å². The van der Waals surface area contributed by atoms with E-state index >= 15 is 0 Å². The fourth-order valence-corrected chi connectivity index (χ4v) is 7.71. The molecule has 0 aromatic carbocycles. The highest BCUT2D eigenvalue weighted by molar-refractivity contribution is 5.81. The molecule has 3 fully saturated rings. The summed E-state index contributed by atoms with van der Waals surface area (Å²) in [6.45, 7) is 6.33. The molecule has 0 aliphatic heterocycles. The molecule has 7 atom stereocenters. The fraction of sp³-hybridized carbons (Fsp3) is 0.833. The van der Waals surface area contributed by atoms with Crippen LogP contribution >= 0.6 is 0 Å². The van der Waals surface area contributed by atoms with Gasteiger partial charge in [-0.05, 0) is 85.9 Å². The summed E-state index contributed by atoms with van der Waals surface area (Å²) in [5.41, 5.74) is 10.8. The second-order valence-electron chi connectivity index (χ2n) is 10.6. The molecule has 0 saturated heterocycles. The molecule has 4 rings (SSSR count). The van der Waals surface area contributed by atoms with Crippen molar-refractivity contribution in [3.8, 4) is 0 Å². The number of carbonyl (C=O) groups excluding carboxylic acids is 2. The lowest BCUT2D eigenvalue weighted by Gasteiger charge is -2.59. The molecule has 160 valence electrons. The van der Waals surface area contributed by atoms with Crippen molar-refractivity contribution in [2.75, 3.05) is 6.54 Å². The summed E-state index contributed by atoms with van der Waals surface area (Å²) in [5, 5.41) is 3.05. The number of esters is 1. The van der Waals surface area contributed by atoms with E-state index in [1.54, 1.807) is 5.57 Å². The molecular weight excluding hydrogens is 364 g/mol. The van der Waals surface area contributed by atoms with Gasteiger partial charge in [0.05, 0.1) is 6.54 Å². The summed E-state index contributed by atoms with van der Waals surface area (Å²) in [6, 6.07) is 0. The van der Waals surface area contributed by atoms with E-state index in [1.807, 2.05) is 0 Å². The Labute approximate surface area is 174 Å². The van der Waals surface area contributed by atoms with Crippen molar-refractivity contribution in [2.45, 2.75) is 84.7 Å². The molecule has 0 aromatic rings. The predicted molar refractivity (Wildman–Crippen MR) is 111 cm³/mol. The first-order valence-electron chi connectivity index (χ1n) is 11.5. The minimum atomic E-state index is -0.147. The quantitative estimate of drug-likeness (QED) is 0.349. The van der Waals surface area contributed by atoms with Gasteiger partial charge in [0, 0.05) is 13.3 Å². The molecule has 0 radical (unpaired) electrons. The fourth-order valence-electron chi connectivity index (χ4n) is 7.71. The topological polar surface area (TPSA) is 78.0 Å². The highest BCUT2D eigenvalue weighted by Crippen LogP contribution is 2.66. The number of hydrogen-bond acceptors (Lipinski definition) is 4. The molecule has 0 bridgehead atoms. The van der Waals surface area contributed by atoms with Crippen molar-refractivity contribution in [1.29, 1.82) is 0 Å². The largest absolute Gasteiger partial charge is 0.712 e. The van der Waals surface area contributed by atoms with Gasteiger partial charge in [-0.25, -0.2) is 0 Å². The molecule has 0 heterocycles. The van der Waals surface area contributed by atoms with Gasteiger partial charge in [-0.1, -0.05) is 25.5 Å². The van der Waals surface area contributed by atoms with Crippen molar-refractivity contribution < 1.29 is 14.3 Å². The molecule has 3 saturated carbocycles. The maximum Gasteiger partial charge on any atom is 0.302 e. The monoisotopic (exact) mass is 399 g/mol. The first-order chi connectivity index (χ1) is 13.8. The van der Waals surface area contributed by atoms with Crippen molar-refractivity contribution in [1.82, 2.24) is 0 Å². The van der Waals surface area contributed by atoms with Gasteiger partial charge in [0.1, 0.15) is 6.10 Å². The van der Waals surface area contributed by atoms with Gasteiger partial charge >= 0.3 is 5.97 Å². The number of rotatable bonds is 5. The van der Waals surface area contributed by atoms with Crippen LogP contribution in [0.1, 0.15) is 78.6 Å². The minimum absolute atomic E-state index is 0.0509. The average molecular weight is 400 g/mol. The van der Waals surface area contributed by atoms with E-state index in [9.17, 15) is 9.59 Å². The molecule has 29 heavy (non-hydrogen) atoms. The van der Waals surface area contributed by atoms with Gasteiger partial charge in [0.2, 0.25) is 0 Å². The number of allylic oxidation sites excluding steroid dienone is 2. The van der Waals surface area contributed by atoms with E-state index in [1.165, 1.54) is 26.2 Å². The Kier molecular flexibility index (Phi) is 5.45. The third kappa shape index (κ3) is 3.48. The Morgan fingerprint density at radius 2 is 2.00 bits per heavy atom. The minimum Gasteiger partial charge on any atom is -0.712 e. The van der Waals surface area contributed by atoms with Crippen LogP contribution in [0.15, 0.2) is 16.8 Å². The first kappa shape index (κ1) is 20.7. The van der Waals surface area contributed by atoms with Crippen LogP contribution in [0.5, 0.6) is 0 Å². The van der Waals surface area contributed by atoms with Crippen molar-refractivity contribution in [2.24, 2.45) is 39.6 Å². The Morgan fingerprint density at radius 1 is 1.21 bits per heavy atom. The van der Waals surface area contributed by atoms with Gasteiger partial charge in [-0.15, -0.1) is 0 Å². The van der Waals surface area contributed by atoms with Crippen LogP contribution in [0.3, 0.4) is 0 Å². The van der Waals surface area contributed by atoms with Crippen molar-refractivity contribution in [3.63, 3.8) is 0 Å². The number of ether oxygens (including phenoxy) is 1. The standard InChI is InChI=1S/C24H35N2O3/c1-15(27)29-19-8-10-23(2)17(13-19)4-6-20-21-7-5-16(12-18(28)14-26-25)24(21,3)11-9-22(20)23/h7,16-17,19-20,22H,4-6,8-14H2,1-3H3/q-1/t16-,17-,19+,20+,22+,23+,24-/m1/s1. The summed E-state index contributed by atoms with van der Waals surface area (Å²) < 4.78 is 5.57. The number of fused-ring (bicyclic) bond motifs is 5. The lowest BCUT2D eigenvalue weighted by Crippen LogP contribution is -2.52. The third-order valence-electron chi connectivity index (χ3n) is 9.25. The maximum absolute atomic E-state index is 12.1. The van der Waals surface area contributed by atoms with Crippen LogP contribution < -0.4 is 0 Å². The normalized spacial score (nSPS) is 43.4. The number of ketones is 1. The molecule has 5 heteroatoms. The molecule has 0 amide bonds. The Morgan fingerprint density at radius 3 is 2.72 bits per heavy atom. The third-order valence-corrected chi connectivity index (χ3v) is 9.25. The number of Topliss-reactive ketones (excluding diaryl/α,β-unsaturated/α-hetero) is 1. The Hall–Kier alpha value is -1.52. The zero-order valence-corrected chi connectivity index (χ0v) is 18.2. The maximum atomic E-state index is 12.1. The Bertz CT molecular complexity index is 732. The summed E-state index contributed by atoms with van der Waals surface area (Å²) in [7, 11) is 0. The lowest BCUT2D eigenvalue weighted by molar-refractivity contribution is -0.155. The van der Waals surface area contributed by atoms with Crippen LogP contribution in [-0.4, -0.2) is 24.4 Å². The molecule has 0 spiro atoms. The molecule has 5 nitrogen and oxygen atoms in total. The zero-order chi connectivity index (χ0) is 20.8. The smallest absolute Gasteiger partial charge is 0.302 e. The van der Waals surface area contributed by atoms with Crippen LogP contribution in [0.2, 0.25) is 0 Å². The van der Waals surface area contributed by atoms with Gasteiger partial charge in [-0.3, -0.25) is 9.59 Å². The summed E-state index contributed by atoms with van der Waals surface area (Å²) in [4.78, 5) is 23.5. The predicted octanol–water partition coefficient (Wildman–Crippen LogP) is 5.48. The summed E-state index contributed by atoms with van der Waals surface area (Å²) in [6.07, 6.45) is 12.1. The van der Waals surface area contributed by atoms with E-state index < -0.39 is 0 Å². The highest BCUT2D eigenvalue weighted by atomic mass is 16.5. The lowest BCUT2D eigenvalue weighted by atomic mass is 9.46. The van der Waals surface area contributed by atoms with Crippen LogP contribution in [-0.2, 0) is 14.3 Å². The SMILES string of the molecule is CC(=O)O[C@H]1CC[C@@]2(C)[C@H](CC[C@H]3C4=CC[C@H](CC(=O)CN=[N-])[C@@]4(C)CC[C@@H]32)C1. The first-order valence-corrected chi connectivity index (χ1v) is 11.5.